The van der Waals surface area contributed by atoms with E-state index in [1.54, 1.807) is 7.11 Å². The van der Waals surface area contributed by atoms with Crippen LogP contribution in [0.3, 0.4) is 0 Å². The van der Waals surface area contributed by atoms with Gasteiger partial charge in [0.1, 0.15) is 5.75 Å². The Hall–Kier alpha value is -1.79. The molecule has 0 radical (unpaired) electrons. The first-order valence-corrected chi connectivity index (χ1v) is 9.39. The van der Waals surface area contributed by atoms with E-state index in [0.717, 1.165) is 63.0 Å². The molecule has 1 fully saturated rings. The molecule has 146 valence electrons. The molecule has 0 amide bonds. The molecule has 1 aliphatic rings. The minimum Gasteiger partial charge on any atom is -0.496 e. The molecular weight excluding hydrogens is 328 g/mol. The van der Waals surface area contributed by atoms with Crippen LogP contribution < -0.4 is 10.1 Å². The lowest BCUT2D eigenvalue weighted by atomic mass is 9.89. The number of rotatable bonds is 7. The number of hydrogen-bond donors (Lipinski definition) is 1. The van der Waals surface area contributed by atoms with E-state index in [2.05, 4.69) is 49.2 Å². The Morgan fingerprint density at radius 1 is 1.23 bits per heavy atom. The predicted octanol–water partition coefficient (Wildman–Crippen LogP) is 2.20. The van der Waals surface area contributed by atoms with E-state index in [4.69, 9.17) is 14.5 Å². The third-order valence-corrected chi connectivity index (χ3v) is 5.19. The van der Waals surface area contributed by atoms with Gasteiger partial charge in [-0.15, -0.1) is 0 Å². The Labute approximate surface area is 158 Å². The molecular formula is C20H34N4O2. The summed E-state index contributed by atoms with van der Waals surface area (Å²) < 4.78 is 11.0. The van der Waals surface area contributed by atoms with Crippen LogP contribution in [-0.2, 0) is 11.3 Å². The average molecular weight is 363 g/mol. The van der Waals surface area contributed by atoms with Crippen molar-refractivity contribution in [1.29, 1.82) is 0 Å². The summed E-state index contributed by atoms with van der Waals surface area (Å²) in [7, 11) is 8.07. The van der Waals surface area contributed by atoms with E-state index in [1.165, 1.54) is 0 Å². The van der Waals surface area contributed by atoms with Crippen LogP contribution in [0.2, 0.25) is 0 Å². The zero-order chi connectivity index (χ0) is 19.0. The summed E-state index contributed by atoms with van der Waals surface area (Å²) in [5.74, 6) is 1.83. The van der Waals surface area contributed by atoms with Gasteiger partial charge < -0.3 is 24.6 Å². The van der Waals surface area contributed by atoms with Crippen LogP contribution in [0.1, 0.15) is 25.3 Å². The van der Waals surface area contributed by atoms with Crippen LogP contribution >= 0.6 is 0 Å². The number of nitrogens with one attached hydrogen (secondary N) is 1. The highest BCUT2D eigenvalue weighted by atomic mass is 16.5. The van der Waals surface area contributed by atoms with Crippen LogP contribution in [-0.4, -0.2) is 75.9 Å². The smallest absolute Gasteiger partial charge is 0.194 e. The van der Waals surface area contributed by atoms with E-state index < -0.39 is 0 Å². The van der Waals surface area contributed by atoms with Crippen molar-refractivity contribution >= 4 is 5.96 Å². The van der Waals surface area contributed by atoms with Gasteiger partial charge in [-0.3, -0.25) is 4.99 Å². The van der Waals surface area contributed by atoms with Crippen molar-refractivity contribution in [3.05, 3.63) is 29.8 Å². The molecule has 0 atom stereocenters. The van der Waals surface area contributed by atoms with Crippen molar-refractivity contribution in [1.82, 2.24) is 15.1 Å². The molecule has 0 unspecified atom stereocenters. The number of guanidine groups is 1. The quantitative estimate of drug-likeness (QED) is 0.595. The molecule has 0 saturated carbocycles. The highest BCUT2D eigenvalue weighted by molar-refractivity contribution is 5.79. The summed E-state index contributed by atoms with van der Waals surface area (Å²) in [4.78, 5) is 9.44. The van der Waals surface area contributed by atoms with Crippen molar-refractivity contribution in [2.24, 2.45) is 4.99 Å². The number of hydrogen-bond acceptors (Lipinski definition) is 4. The maximum atomic E-state index is 5.57. The van der Waals surface area contributed by atoms with Gasteiger partial charge in [0.05, 0.1) is 13.7 Å². The van der Waals surface area contributed by atoms with Gasteiger partial charge in [-0.2, -0.15) is 0 Å². The Kier molecular flexibility index (Phi) is 7.72. The van der Waals surface area contributed by atoms with Crippen molar-refractivity contribution in [2.75, 3.05) is 54.6 Å². The van der Waals surface area contributed by atoms with Crippen LogP contribution in [0.25, 0.3) is 0 Å². The van der Waals surface area contributed by atoms with Crippen molar-refractivity contribution in [3.63, 3.8) is 0 Å². The second-order valence-corrected chi connectivity index (χ2v) is 7.07. The Bertz CT molecular complexity index is 583. The second-order valence-electron chi connectivity index (χ2n) is 7.07. The van der Waals surface area contributed by atoms with Gasteiger partial charge in [-0.1, -0.05) is 18.2 Å². The molecule has 0 aromatic heterocycles. The number of likely N-dealkylation sites (N-methyl/N-ethyl adjacent to an activating group) is 1. The number of ether oxygens (including phenoxy) is 2. The average Bonchev–Trinajstić information content (AvgIpc) is 2.66. The molecule has 1 saturated heterocycles. The highest BCUT2D eigenvalue weighted by Crippen LogP contribution is 2.26. The van der Waals surface area contributed by atoms with E-state index >= 15 is 0 Å². The maximum absolute atomic E-state index is 5.57. The zero-order valence-corrected chi connectivity index (χ0v) is 16.9. The van der Waals surface area contributed by atoms with Gasteiger partial charge in [0.25, 0.3) is 0 Å². The van der Waals surface area contributed by atoms with Gasteiger partial charge in [0, 0.05) is 44.5 Å². The minimum atomic E-state index is 0.0736. The Morgan fingerprint density at radius 2 is 1.92 bits per heavy atom. The normalized spacial score (nSPS) is 17.2. The molecule has 1 heterocycles. The fourth-order valence-corrected chi connectivity index (χ4v) is 3.35. The van der Waals surface area contributed by atoms with Crippen molar-refractivity contribution in [2.45, 2.75) is 31.8 Å². The number of aliphatic imine (C=N–C) groups is 1. The van der Waals surface area contributed by atoms with E-state index in [0.29, 0.717) is 0 Å². The van der Waals surface area contributed by atoms with Gasteiger partial charge in [0.2, 0.25) is 0 Å². The topological polar surface area (TPSA) is 49.3 Å². The first-order chi connectivity index (χ1) is 12.5. The van der Waals surface area contributed by atoms with E-state index in [-0.39, 0.29) is 5.54 Å². The summed E-state index contributed by atoms with van der Waals surface area (Å²) in [6, 6.07) is 8.13. The first-order valence-electron chi connectivity index (χ1n) is 9.39. The van der Waals surface area contributed by atoms with E-state index in [1.807, 2.05) is 18.2 Å². The van der Waals surface area contributed by atoms with Gasteiger partial charge in [0.15, 0.2) is 5.96 Å². The predicted molar refractivity (Wildman–Crippen MR) is 107 cm³/mol. The number of benzene rings is 1. The first kappa shape index (κ1) is 20.5. The van der Waals surface area contributed by atoms with Crippen LogP contribution in [0.5, 0.6) is 5.75 Å². The SMILES string of the molecule is CCNC(=NCC1(N(C)C)CCOCC1)N(C)Cc1ccccc1OC. The molecule has 1 aromatic rings. The van der Waals surface area contributed by atoms with E-state index in [9.17, 15) is 0 Å². The Morgan fingerprint density at radius 3 is 2.54 bits per heavy atom. The molecule has 2 rings (SSSR count). The summed E-state index contributed by atoms with van der Waals surface area (Å²) >= 11 is 0. The number of para-hydroxylation sites is 1. The van der Waals surface area contributed by atoms with Crippen LogP contribution in [0.15, 0.2) is 29.3 Å². The zero-order valence-electron chi connectivity index (χ0n) is 16.9. The molecule has 26 heavy (non-hydrogen) atoms. The standard InChI is InChI=1S/C20H34N4O2/c1-6-21-19(22-16-20(23(2)3)11-13-26-14-12-20)24(4)15-17-9-7-8-10-18(17)25-5/h7-10H,6,11-16H2,1-5H3,(H,21,22). The van der Waals surface area contributed by atoms with Crippen molar-refractivity contribution in [3.8, 4) is 5.75 Å². The van der Waals surface area contributed by atoms with Gasteiger partial charge in [-0.05, 0) is 39.9 Å². The van der Waals surface area contributed by atoms with Crippen LogP contribution in [0, 0.1) is 0 Å². The van der Waals surface area contributed by atoms with Gasteiger partial charge in [-0.25, -0.2) is 0 Å². The molecule has 0 spiro atoms. The number of nitrogens with zero attached hydrogens (tertiary/aromatic N) is 3. The lowest BCUT2D eigenvalue weighted by molar-refractivity contribution is -0.00263. The molecule has 1 aromatic carbocycles. The monoisotopic (exact) mass is 362 g/mol. The molecule has 6 heteroatoms. The highest BCUT2D eigenvalue weighted by Gasteiger charge is 2.34. The summed E-state index contributed by atoms with van der Waals surface area (Å²) in [6.07, 6.45) is 2.03. The minimum absolute atomic E-state index is 0.0736. The summed E-state index contributed by atoms with van der Waals surface area (Å²) in [6.45, 7) is 6.06. The lowest BCUT2D eigenvalue weighted by Gasteiger charge is -2.42. The molecule has 6 nitrogen and oxygen atoms in total. The fraction of sp³-hybridized carbons (Fsp3) is 0.650. The summed E-state index contributed by atoms with van der Waals surface area (Å²) in [5.41, 5.74) is 1.22. The largest absolute Gasteiger partial charge is 0.496 e. The maximum Gasteiger partial charge on any atom is 0.194 e. The lowest BCUT2D eigenvalue weighted by Crippen LogP contribution is -2.51. The fourth-order valence-electron chi connectivity index (χ4n) is 3.35. The van der Waals surface area contributed by atoms with Crippen molar-refractivity contribution < 1.29 is 9.47 Å². The summed E-state index contributed by atoms with van der Waals surface area (Å²) in [5, 5.41) is 3.42. The third-order valence-electron chi connectivity index (χ3n) is 5.19. The van der Waals surface area contributed by atoms with Crippen LogP contribution in [0.4, 0.5) is 0 Å². The molecule has 1 N–H and O–H groups in total. The molecule has 0 bridgehead atoms. The number of methoxy groups -OCH3 is 1. The molecule has 0 aliphatic carbocycles. The van der Waals surface area contributed by atoms with Gasteiger partial charge >= 0.3 is 0 Å². The second kappa shape index (κ2) is 9.78. The Balaban J connectivity index is 2.14. The molecule has 1 aliphatic heterocycles. The third kappa shape index (κ3) is 5.11.